The number of benzene rings is 1. The maximum Gasteiger partial charge on any atom is 0.353 e. The summed E-state index contributed by atoms with van der Waals surface area (Å²) in [5.74, 6) is 0.459. The van der Waals surface area contributed by atoms with Crippen LogP contribution < -0.4 is 9.47 Å². The molecule has 0 spiro atoms. The summed E-state index contributed by atoms with van der Waals surface area (Å²) in [4.78, 5) is 11.0. The van der Waals surface area contributed by atoms with Crippen LogP contribution in [0, 0.1) is 0 Å². The molecule has 1 aromatic carbocycles. The summed E-state index contributed by atoms with van der Waals surface area (Å²) >= 11 is 0. The molecule has 1 heterocycles. The molecular weight excluding hydrogens is 272 g/mol. The van der Waals surface area contributed by atoms with Crippen LogP contribution in [0.3, 0.4) is 0 Å². The molecule has 6 heteroatoms. The first-order valence-corrected chi connectivity index (χ1v) is 6.53. The van der Waals surface area contributed by atoms with E-state index in [4.69, 9.17) is 14.6 Å². The van der Waals surface area contributed by atoms with E-state index in [1.807, 2.05) is 19.9 Å². The van der Waals surface area contributed by atoms with Crippen LogP contribution in [-0.2, 0) is 0 Å². The Bertz CT molecular complexity index is 662. The van der Waals surface area contributed by atoms with Crippen molar-refractivity contribution in [1.29, 1.82) is 0 Å². The first kappa shape index (κ1) is 14.9. The number of nitrogens with zero attached hydrogens (tertiary/aromatic N) is 1. The number of rotatable bonds is 5. The summed E-state index contributed by atoms with van der Waals surface area (Å²) in [6, 6.07) is 5.11. The molecule has 0 aliphatic heterocycles. The van der Waals surface area contributed by atoms with Gasteiger partial charge in [-0.05, 0) is 24.1 Å². The van der Waals surface area contributed by atoms with Crippen LogP contribution in [-0.4, -0.2) is 35.5 Å². The zero-order chi connectivity index (χ0) is 15.6. The van der Waals surface area contributed by atoms with Gasteiger partial charge >= 0.3 is 5.97 Å². The van der Waals surface area contributed by atoms with Crippen LogP contribution in [0.4, 0.5) is 0 Å². The first-order chi connectivity index (χ1) is 9.99. The molecule has 2 aromatic rings. The number of aromatic nitrogens is 2. The number of ether oxygens (including phenoxy) is 2. The molecule has 0 amide bonds. The van der Waals surface area contributed by atoms with Gasteiger partial charge in [-0.25, -0.2) is 4.79 Å². The Hall–Kier alpha value is -2.50. The summed E-state index contributed by atoms with van der Waals surface area (Å²) < 4.78 is 10.8. The Kier molecular flexibility index (Phi) is 4.16. The van der Waals surface area contributed by atoms with E-state index < -0.39 is 5.97 Å². The Morgan fingerprint density at radius 2 is 1.86 bits per heavy atom. The molecule has 2 rings (SSSR count). The van der Waals surface area contributed by atoms with Crippen molar-refractivity contribution in [2.24, 2.45) is 0 Å². The Morgan fingerprint density at radius 3 is 2.33 bits per heavy atom. The molecule has 0 saturated carbocycles. The van der Waals surface area contributed by atoms with Gasteiger partial charge in [0, 0.05) is 5.56 Å². The summed E-state index contributed by atoms with van der Waals surface area (Å²) in [5, 5.41) is 15.6. The van der Waals surface area contributed by atoms with Gasteiger partial charge in [-0.2, -0.15) is 5.10 Å². The van der Waals surface area contributed by atoms with Crippen molar-refractivity contribution in [2.45, 2.75) is 19.8 Å². The Labute approximate surface area is 122 Å². The fraction of sp³-hybridized carbons (Fsp3) is 0.333. The van der Waals surface area contributed by atoms with Crippen LogP contribution in [0.15, 0.2) is 18.2 Å². The van der Waals surface area contributed by atoms with Crippen molar-refractivity contribution in [3.63, 3.8) is 0 Å². The highest BCUT2D eigenvalue weighted by Crippen LogP contribution is 2.41. The minimum atomic E-state index is -1.05. The SMILES string of the molecule is COc1ccc(OC)c(C(C)C)c1-c1cc(C(=O)O)[nH]n1. The van der Waals surface area contributed by atoms with Crippen LogP contribution in [0.1, 0.15) is 35.8 Å². The van der Waals surface area contributed by atoms with Crippen molar-refractivity contribution in [1.82, 2.24) is 10.2 Å². The summed E-state index contributed by atoms with van der Waals surface area (Å²) in [6.07, 6.45) is 0. The third-order valence-electron chi connectivity index (χ3n) is 3.25. The third-order valence-corrected chi connectivity index (χ3v) is 3.25. The lowest BCUT2D eigenvalue weighted by molar-refractivity contribution is 0.0690. The Balaban J connectivity index is 2.71. The minimum Gasteiger partial charge on any atom is -0.496 e. The predicted octanol–water partition coefficient (Wildman–Crippen LogP) is 2.92. The standard InChI is InChI=1S/C15H18N2O4/c1-8(2)13-11(20-3)5-6-12(21-4)14(13)9-7-10(15(18)19)17-16-9/h5-8H,1-4H3,(H,16,17)(H,18,19). The van der Waals surface area contributed by atoms with Gasteiger partial charge in [-0.1, -0.05) is 13.8 Å². The number of aromatic carboxylic acids is 1. The highest BCUT2D eigenvalue weighted by molar-refractivity contribution is 5.88. The number of carboxylic acids is 1. The van der Waals surface area contributed by atoms with E-state index in [1.165, 1.54) is 6.07 Å². The van der Waals surface area contributed by atoms with Gasteiger partial charge in [0.1, 0.15) is 17.2 Å². The monoisotopic (exact) mass is 290 g/mol. The molecule has 2 N–H and O–H groups in total. The van der Waals surface area contributed by atoms with Crippen LogP contribution >= 0.6 is 0 Å². The summed E-state index contributed by atoms with van der Waals surface area (Å²) in [7, 11) is 3.17. The molecule has 0 unspecified atom stereocenters. The van der Waals surface area contributed by atoms with E-state index in [1.54, 1.807) is 20.3 Å². The second-order valence-electron chi connectivity index (χ2n) is 4.89. The smallest absolute Gasteiger partial charge is 0.353 e. The molecular formula is C15H18N2O4. The lowest BCUT2D eigenvalue weighted by Gasteiger charge is -2.18. The maximum absolute atomic E-state index is 11.0. The zero-order valence-corrected chi connectivity index (χ0v) is 12.4. The third kappa shape index (κ3) is 2.69. The number of carboxylic acid groups (broad SMARTS) is 1. The largest absolute Gasteiger partial charge is 0.496 e. The highest BCUT2D eigenvalue weighted by Gasteiger charge is 2.22. The fourth-order valence-electron chi connectivity index (χ4n) is 2.33. The normalized spacial score (nSPS) is 10.7. The molecule has 0 aliphatic rings. The maximum atomic E-state index is 11.0. The number of hydrogen-bond acceptors (Lipinski definition) is 4. The van der Waals surface area contributed by atoms with E-state index in [9.17, 15) is 4.79 Å². The van der Waals surface area contributed by atoms with Gasteiger partial charge < -0.3 is 14.6 Å². The number of hydrogen-bond donors (Lipinski definition) is 2. The number of aromatic amines is 1. The van der Waals surface area contributed by atoms with Gasteiger partial charge in [0.05, 0.1) is 25.5 Å². The van der Waals surface area contributed by atoms with Crippen LogP contribution in [0.25, 0.3) is 11.3 Å². The van der Waals surface area contributed by atoms with Gasteiger partial charge in [0.15, 0.2) is 0 Å². The predicted molar refractivity (Wildman–Crippen MR) is 78.2 cm³/mol. The van der Waals surface area contributed by atoms with Gasteiger partial charge in [0.25, 0.3) is 0 Å². The van der Waals surface area contributed by atoms with Crippen molar-refractivity contribution in [2.75, 3.05) is 14.2 Å². The molecule has 0 fully saturated rings. The average Bonchev–Trinajstić information content (AvgIpc) is 2.95. The zero-order valence-electron chi connectivity index (χ0n) is 12.4. The quantitative estimate of drug-likeness (QED) is 0.884. The second kappa shape index (κ2) is 5.87. The van der Waals surface area contributed by atoms with E-state index in [-0.39, 0.29) is 11.6 Å². The molecule has 21 heavy (non-hydrogen) atoms. The molecule has 1 aromatic heterocycles. The van der Waals surface area contributed by atoms with Crippen molar-refractivity contribution in [3.8, 4) is 22.8 Å². The minimum absolute atomic E-state index is 0.0320. The molecule has 6 nitrogen and oxygen atoms in total. The van der Waals surface area contributed by atoms with Crippen molar-refractivity contribution >= 4 is 5.97 Å². The molecule has 0 radical (unpaired) electrons. The molecule has 0 aliphatic carbocycles. The van der Waals surface area contributed by atoms with Gasteiger partial charge in [0.2, 0.25) is 0 Å². The van der Waals surface area contributed by atoms with E-state index in [0.29, 0.717) is 11.4 Å². The lowest BCUT2D eigenvalue weighted by Crippen LogP contribution is -2.00. The summed E-state index contributed by atoms with van der Waals surface area (Å²) in [6.45, 7) is 4.07. The van der Waals surface area contributed by atoms with Crippen molar-refractivity contribution in [3.05, 3.63) is 29.5 Å². The number of H-pyrrole nitrogens is 1. The number of methoxy groups -OCH3 is 2. The van der Waals surface area contributed by atoms with E-state index >= 15 is 0 Å². The Morgan fingerprint density at radius 1 is 1.24 bits per heavy atom. The highest BCUT2D eigenvalue weighted by atomic mass is 16.5. The van der Waals surface area contributed by atoms with E-state index in [0.717, 1.165) is 16.9 Å². The van der Waals surface area contributed by atoms with Crippen LogP contribution in [0.2, 0.25) is 0 Å². The lowest BCUT2D eigenvalue weighted by atomic mass is 9.93. The summed E-state index contributed by atoms with van der Waals surface area (Å²) in [5.41, 5.74) is 2.23. The van der Waals surface area contributed by atoms with E-state index in [2.05, 4.69) is 10.2 Å². The number of carbonyl (C=O) groups is 1. The van der Waals surface area contributed by atoms with Gasteiger partial charge in [-0.3, -0.25) is 5.10 Å². The molecule has 112 valence electrons. The fourth-order valence-corrected chi connectivity index (χ4v) is 2.33. The van der Waals surface area contributed by atoms with Gasteiger partial charge in [-0.15, -0.1) is 0 Å². The second-order valence-corrected chi connectivity index (χ2v) is 4.89. The van der Waals surface area contributed by atoms with Crippen LogP contribution in [0.5, 0.6) is 11.5 Å². The topological polar surface area (TPSA) is 84.4 Å². The molecule has 0 saturated heterocycles. The molecule has 0 bridgehead atoms. The number of nitrogens with one attached hydrogen (secondary N) is 1. The molecule has 0 atom stereocenters. The first-order valence-electron chi connectivity index (χ1n) is 6.53. The van der Waals surface area contributed by atoms with Crippen molar-refractivity contribution < 1.29 is 19.4 Å². The average molecular weight is 290 g/mol.